The van der Waals surface area contributed by atoms with Gasteiger partial charge in [-0.1, -0.05) is 24.4 Å². The maximum Gasteiger partial charge on any atom is 0.167 e. The largest absolute Gasteiger partial charge is 0.411 e. The van der Waals surface area contributed by atoms with E-state index < -0.39 is 0 Å². The number of carbonyl (C=O) groups excluding carboxylic acids is 1. The Balaban J connectivity index is 2.49. The molecule has 3 nitrogen and oxygen atoms in total. The number of carbonyl (C=O) groups is 1. The zero-order valence-electron chi connectivity index (χ0n) is 6.49. The Morgan fingerprint density at radius 2 is 2.00 bits per heavy atom. The summed E-state index contributed by atoms with van der Waals surface area (Å²) in [6, 6.07) is 0. The molecule has 1 aliphatic carbocycles. The number of aldehydes is 1. The second-order valence-corrected chi connectivity index (χ2v) is 2.98. The van der Waals surface area contributed by atoms with Crippen molar-refractivity contribution in [1.29, 1.82) is 0 Å². The molecule has 0 heterocycles. The quantitative estimate of drug-likeness (QED) is 0.285. The van der Waals surface area contributed by atoms with Crippen LogP contribution in [0.4, 0.5) is 0 Å². The van der Waals surface area contributed by atoms with Crippen LogP contribution in [0.3, 0.4) is 0 Å². The number of hydrogen-bond acceptors (Lipinski definition) is 3. The van der Waals surface area contributed by atoms with Gasteiger partial charge < -0.3 is 5.21 Å². The van der Waals surface area contributed by atoms with E-state index in [0.717, 1.165) is 25.7 Å². The van der Waals surface area contributed by atoms with Gasteiger partial charge >= 0.3 is 0 Å². The molecule has 1 N–H and O–H groups in total. The summed E-state index contributed by atoms with van der Waals surface area (Å²) in [7, 11) is 0. The average Bonchev–Trinajstić information content (AvgIpc) is 2.09. The lowest BCUT2D eigenvalue weighted by molar-refractivity contribution is -0.103. The summed E-state index contributed by atoms with van der Waals surface area (Å²) in [4.78, 5) is 10.3. The fourth-order valence-electron chi connectivity index (χ4n) is 1.60. The van der Waals surface area contributed by atoms with E-state index in [-0.39, 0.29) is 5.92 Å². The zero-order chi connectivity index (χ0) is 8.10. The predicted octanol–water partition coefficient (Wildman–Crippen LogP) is 1.60. The predicted molar refractivity (Wildman–Crippen MR) is 41.9 cm³/mol. The summed E-state index contributed by atoms with van der Waals surface area (Å²) in [6.45, 7) is 0. The van der Waals surface area contributed by atoms with Crippen molar-refractivity contribution in [2.75, 3.05) is 0 Å². The summed E-state index contributed by atoms with van der Waals surface area (Å²) in [5.41, 5.74) is 0.324. The lowest BCUT2D eigenvalue weighted by Crippen LogP contribution is -2.18. The van der Waals surface area contributed by atoms with Gasteiger partial charge in [-0.05, 0) is 12.8 Å². The molecule has 0 unspecified atom stereocenters. The lowest BCUT2D eigenvalue weighted by atomic mass is 9.86. The van der Waals surface area contributed by atoms with Gasteiger partial charge in [-0.25, -0.2) is 0 Å². The van der Waals surface area contributed by atoms with Crippen molar-refractivity contribution in [3.8, 4) is 0 Å². The normalized spacial score (nSPS) is 21.6. The molecular weight excluding hydrogens is 142 g/mol. The third kappa shape index (κ3) is 2.03. The van der Waals surface area contributed by atoms with E-state index in [9.17, 15) is 4.79 Å². The first-order valence-corrected chi connectivity index (χ1v) is 4.05. The third-order valence-corrected chi connectivity index (χ3v) is 2.26. The first-order chi connectivity index (χ1) is 5.38. The summed E-state index contributed by atoms with van der Waals surface area (Å²) in [5.74, 6) is 0.214. The first-order valence-electron chi connectivity index (χ1n) is 4.05. The molecule has 1 saturated carbocycles. The highest BCUT2D eigenvalue weighted by Gasteiger charge is 2.18. The molecule has 62 valence electrons. The Morgan fingerprint density at radius 1 is 1.36 bits per heavy atom. The van der Waals surface area contributed by atoms with E-state index in [1.807, 2.05) is 0 Å². The molecule has 0 amide bonds. The third-order valence-electron chi connectivity index (χ3n) is 2.26. The van der Waals surface area contributed by atoms with E-state index in [0.29, 0.717) is 12.0 Å². The van der Waals surface area contributed by atoms with Gasteiger partial charge in [0, 0.05) is 5.92 Å². The molecule has 0 bridgehead atoms. The van der Waals surface area contributed by atoms with Gasteiger partial charge in [-0.15, -0.1) is 0 Å². The summed E-state index contributed by atoms with van der Waals surface area (Å²) < 4.78 is 0. The Hall–Kier alpha value is -0.860. The van der Waals surface area contributed by atoms with Crippen molar-refractivity contribution in [2.45, 2.75) is 32.1 Å². The molecule has 0 aliphatic heterocycles. The Kier molecular flexibility index (Phi) is 3.08. The van der Waals surface area contributed by atoms with E-state index in [1.165, 1.54) is 6.42 Å². The molecule has 3 heteroatoms. The first kappa shape index (κ1) is 8.24. The average molecular weight is 155 g/mol. The molecule has 0 atom stereocenters. The molecule has 1 fully saturated rings. The molecular formula is C8H13NO2. The summed E-state index contributed by atoms with van der Waals surface area (Å²) in [6.07, 6.45) is 6.20. The topological polar surface area (TPSA) is 49.7 Å². The number of rotatable bonds is 2. The zero-order valence-corrected chi connectivity index (χ0v) is 6.49. The maximum absolute atomic E-state index is 10.3. The minimum Gasteiger partial charge on any atom is -0.411 e. The molecule has 0 aromatic heterocycles. The SMILES string of the molecule is O=C/C(=N/O)C1CCCCC1. The van der Waals surface area contributed by atoms with Gasteiger partial charge in [-0.3, -0.25) is 4.79 Å². The van der Waals surface area contributed by atoms with E-state index in [1.54, 1.807) is 0 Å². The number of hydrogen-bond donors (Lipinski definition) is 1. The van der Waals surface area contributed by atoms with Crippen LogP contribution in [0.15, 0.2) is 5.16 Å². The second kappa shape index (κ2) is 4.11. The van der Waals surface area contributed by atoms with Crippen LogP contribution >= 0.6 is 0 Å². The molecule has 1 rings (SSSR count). The van der Waals surface area contributed by atoms with Crippen molar-refractivity contribution in [3.05, 3.63) is 0 Å². The van der Waals surface area contributed by atoms with Crippen LogP contribution in [0.1, 0.15) is 32.1 Å². The molecule has 0 radical (unpaired) electrons. The minimum absolute atomic E-state index is 0.214. The highest BCUT2D eigenvalue weighted by molar-refractivity contribution is 6.29. The molecule has 0 saturated heterocycles. The second-order valence-electron chi connectivity index (χ2n) is 2.98. The van der Waals surface area contributed by atoms with Crippen LogP contribution in [-0.4, -0.2) is 17.2 Å². The van der Waals surface area contributed by atoms with E-state index in [4.69, 9.17) is 5.21 Å². The summed E-state index contributed by atoms with van der Waals surface area (Å²) >= 11 is 0. The maximum atomic E-state index is 10.3. The van der Waals surface area contributed by atoms with Gasteiger partial charge in [0.15, 0.2) is 6.29 Å². The van der Waals surface area contributed by atoms with Crippen molar-refractivity contribution >= 4 is 12.0 Å². The smallest absolute Gasteiger partial charge is 0.167 e. The van der Waals surface area contributed by atoms with Crippen molar-refractivity contribution in [1.82, 2.24) is 0 Å². The van der Waals surface area contributed by atoms with Gasteiger partial charge in [0.25, 0.3) is 0 Å². The molecule has 1 aliphatic rings. The standard InChI is InChI=1S/C8H13NO2/c10-6-8(9-11)7-4-2-1-3-5-7/h6-7,11H,1-5H2/b9-8-. The van der Waals surface area contributed by atoms with Crippen LogP contribution in [-0.2, 0) is 4.79 Å². The Labute approximate surface area is 66.1 Å². The van der Waals surface area contributed by atoms with Crippen LogP contribution in [0.25, 0.3) is 0 Å². The van der Waals surface area contributed by atoms with Crippen molar-refractivity contribution < 1.29 is 10.0 Å². The lowest BCUT2D eigenvalue weighted by Gasteiger charge is -2.19. The Bertz CT molecular complexity index is 159. The van der Waals surface area contributed by atoms with E-state index in [2.05, 4.69) is 5.16 Å². The molecule has 0 aromatic carbocycles. The molecule has 11 heavy (non-hydrogen) atoms. The molecule has 0 spiro atoms. The van der Waals surface area contributed by atoms with Crippen LogP contribution in [0.5, 0.6) is 0 Å². The van der Waals surface area contributed by atoms with Gasteiger partial charge in [0.05, 0.1) is 0 Å². The van der Waals surface area contributed by atoms with Crippen molar-refractivity contribution in [3.63, 3.8) is 0 Å². The van der Waals surface area contributed by atoms with Gasteiger partial charge in [-0.2, -0.15) is 0 Å². The molecule has 0 aromatic rings. The fraction of sp³-hybridized carbons (Fsp3) is 0.750. The minimum atomic E-state index is 0.214. The van der Waals surface area contributed by atoms with Crippen LogP contribution in [0, 0.1) is 5.92 Å². The fourth-order valence-corrected chi connectivity index (χ4v) is 1.60. The highest BCUT2D eigenvalue weighted by atomic mass is 16.4. The van der Waals surface area contributed by atoms with E-state index >= 15 is 0 Å². The number of nitrogens with zero attached hydrogens (tertiary/aromatic N) is 1. The monoisotopic (exact) mass is 155 g/mol. The van der Waals surface area contributed by atoms with Crippen LogP contribution < -0.4 is 0 Å². The highest BCUT2D eigenvalue weighted by Crippen LogP contribution is 2.24. The summed E-state index contributed by atoms with van der Waals surface area (Å²) in [5, 5.41) is 11.4. The van der Waals surface area contributed by atoms with Gasteiger partial charge in [0.2, 0.25) is 0 Å². The van der Waals surface area contributed by atoms with Crippen LogP contribution in [0.2, 0.25) is 0 Å². The van der Waals surface area contributed by atoms with Crippen molar-refractivity contribution in [2.24, 2.45) is 11.1 Å². The van der Waals surface area contributed by atoms with Gasteiger partial charge in [0.1, 0.15) is 5.71 Å². The Morgan fingerprint density at radius 3 is 2.45 bits per heavy atom. The number of oxime groups is 1.